The van der Waals surface area contributed by atoms with Gasteiger partial charge in [-0.05, 0) is 66.1 Å². The number of aromatic nitrogens is 2. The van der Waals surface area contributed by atoms with Crippen LogP contribution in [0.3, 0.4) is 0 Å². The molecule has 45 heavy (non-hydrogen) atoms. The Morgan fingerprint density at radius 2 is 1.71 bits per heavy atom. The Labute approximate surface area is 278 Å². The zero-order valence-corrected chi connectivity index (χ0v) is 29.1. The van der Waals surface area contributed by atoms with E-state index in [2.05, 4.69) is 9.71 Å². The number of rotatable bonds is 13. The summed E-state index contributed by atoms with van der Waals surface area (Å²) in [7, 11) is 3.47. The van der Waals surface area contributed by atoms with Gasteiger partial charge in [0.15, 0.2) is 5.16 Å². The number of quaternary nitrogens is 1. The predicted molar refractivity (Wildman–Crippen MR) is 178 cm³/mol. The first-order chi connectivity index (χ1) is 21.0. The van der Waals surface area contributed by atoms with Gasteiger partial charge in [0.1, 0.15) is 27.4 Å². The van der Waals surface area contributed by atoms with Crippen LogP contribution in [-0.4, -0.2) is 63.8 Å². The van der Waals surface area contributed by atoms with E-state index in [1.165, 1.54) is 30.0 Å². The van der Waals surface area contributed by atoms with Crippen molar-refractivity contribution in [3.63, 3.8) is 0 Å². The number of hydrogen-bond acceptors (Lipinski definition) is 5. The Balaban J connectivity index is 1.67. The van der Waals surface area contributed by atoms with E-state index in [1.54, 1.807) is 31.5 Å². The maximum atomic E-state index is 15.1. The van der Waals surface area contributed by atoms with Crippen molar-refractivity contribution in [2.24, 2.45) is 0 Å². The first kappa shape index (κ1) is 35.2. The molecule has 0 radical (unpaired) electrons. The molecule has 242 valence electrons. The van der Waals surface area contributed by atoms with Gasteiger partial charge in [-0.2, -0.15) is 0 Å². The third-order valence-electron chi connectivity index (χ3n) is 7.31. The molecule has 0 spiro atoms. The third kappa shape index (κ3) is 8.38. The maximum absolute atomic E-state index is 15.1. The number of hydrogen-bond donors (Lipinski definition) is 0. The fourth-order valence-electron chi connectivity index (χ4n) is 4.73. The molecule has 0 saturated heterocycles. The van der Waals surface area contributed by atoms with Crippen LogP contribution in [-0.2, 0) is 21.2 Å². The molecule has 0 bridgehead atoms. The van der Waals surface area contributed by atoms with Crippen LogP contribution >= 0.6 is 35.0 Å². The minimum absolute atomic E-state index is 0.0415. The third-order valence-corrected chi connectivity index (χ3v) is 10.5. The number of benzene rings is 3. The van der Waals surface area contributed by atoms with E-state index in [0.717, 1.165) is 23.9 Å². The molecule has 4 rings (SSSR count). The second-order valence-electron chi connectivity index (χ2n) is 12.1. The molecule has 7 nitrogen and oxygen atoms in total. The highest BCUT2D eigenvalue weighted by Gasteiger charge is 2.30. The van der Waals surface area contributed by atoms with E-state index in [0.29, 0.717) is 32.5 Å². The molecule has 13 heteroatoms. The summed E-state index contributed by atoms with van der Waals surface area (Å²) in [5, 5.41) is 0.741. The van der Waals surface area contributed by atoms with Crippen LogP contribution in [0.15, 0.2) is 70.8 Å². The van der Waals surface area contributed by atoms with Gasteiger partial charge < -0.3 is 13.9 Å². The van der Waals surface area contributed by atoms with Gasteiger partial charge in [-0.25, -0.2) is 22.2 Å². The topological polar surface area (TPSA) is 75.3 Å². The average molecular weight is 698 g/mol. The highest BCUT2D eigenvalue weighted by atomic mass is 35.5. The van der Waals surface area contributed by atoms with Crippen LogP contribution in [0.5, 0.6) is 5.75 Å². The smallest absolute Gasteiger partial charge is 0.173 e. The summed E-state index contributed by atoms with van der Waals surface area (Å²) in [4.78, 5) is 4.41. The molecular weight excluding hydrogens is 661 g/mol. The summed E-state index contributed by atoms with van der Waals surface area (Å²) < 4.78 is 67.0. The number of halogens is 4. The summed E-state index contributed by atoms with van der Waals surface area (Å²) in [6.07, 6.45) is 2.29. The molecule has 0 N–H and O–H groups in total. The minimum atomic E-state index is -4.11. The molecule has 0 saturated carbocycles. The van der Waals surface area contributed by atoms with Crippen molar-refractivity contribution in [3.05, 3.63) is 104 Å². The SMILES string of the molecule is COc1cc(C(C)(C)c2cnc(SCc3cc(S(=O)(=O)[N-]CCC[N+](C)(C)C)c(Cl)cc3F)n2-c2ccc(F)cc2)ccc1Cl. The molecule has 0 unspecified atom stereocenters. The standard InChI is InChI=1S/C32H36Cl2F2N4O3S2/c1-32(2,22-8-13-25(33)28(17-22)43-6)30-19-37-31(39(30)24-11-9-23(35)10-12-24)44-20-21-16-29(26(34)18-27(21)36)45(41,42)38-14-7-15-40(3,4)5/h8-13,16-19H,7,14-15,20H2,1-6H3. The lowest BCUT2D eigenvalue weighted by Gasteiger charge is -2.28. The Bertz CT molecular complexity index is 1770. The number of ether oxygens (including phenoxy) is 1. The highest BCUT2D eigenvalue weighted by molar-refractivity contribution is 7.98. The van der Waals surface area contributed by atoms with Crippen LogP contribution in [0.25, 0.3) is 10.4 Å². The monoisotopic (exact) mass is 696 g/mol. The zero-order chi connectivity index (χ0) is 33.2. The van der Waals surface area contributed by atoms with Crippen LogP contribution in [0.2, 0.25) is 10.0 Å². The molecule has 0 amide bonds. The molecule has 1 aromatic heterocycles. The minimum Gasteiger partial charge on any atom is -0.544 e. The second kappa shape index (κ2) is 14.0. The summed E-state index contributed by atoms with van der Waals surface area (Å²) in [5.41, 5.74) is 1.81. The average Bonchev–Trinajstić information content (AvgIpc) is 3.39. The number of thioether (sulfide) groups is 1. The molecule has 0 atom stereocenters. The Hall–Kier alpha value is -2.67. The first-order valence-corrected chi connectivity index (χ1v) is 17.2. The van der Waals surface area contributed by atoms with E-state index in [-0.39, 0.29) is 27.8 Å². The van der Waals surface area contributed by atoms with Gasteiger partial charge in [0.2, 0.25) is 0 Å². The molecule has 4 aromatic rings. The largest absolute Gasteiger partial charge is 0.544 e. The van der Waals surface area contributed by atoms with Crippen molar-refractivity contribution in [2.45, 2.75) is 41.5 Å². The molecule has 0 aliphatic carbocycles. The predicted octanol–water partition coefficient (Wildman–Crippen LogP) is 8.24. The fraction of sp³-hybridized carbons (Fsp3) is 0.344. The normalized spacial score (nSPS) is 12.5. The van der Waals surface area contributed by atoms with E-state index >= 15 is 4.39 Å². The number of methoxy groups -OCH3 is 1. The summed E-state index contributed by atoms with van der Waals surface area (Å²) in [5.74, 6) is -0.477. The van der Waals surface area contributed by atoms with Crippen molar-refractivity contribution < 1.29 is 26.4 Å². The molecule has 0 aliphatic heterocycles. The lowest BCUT2D eigenvalue weighted by molar-refractivity contribution is -0.870. The molecule has 0 aliphatic rings. The van der Waals surface area contributed by atoms with Crippen LogP contribution in [0.4, 0.5) is 8.78 Å². The van der Waals surface area contributed by atoms with E-state index in [4.69, 9.17) is 27.9 Å². The first-order valence-electron chi connectivity index (χ1n) is 14.1. The molecule has 3 aromatic carbocycles. The highest BCUT2D eigenvalue weighted by Crippen LogP contribution is 2.40. The van der Waals surface area contributed by atoms with Gasteiger partial charge in [-0.15, -0.1) is 6.54 Å². The van der Waals surface area contributed by atoms with E-state index in [1.807, 2.05) is 51.7 Å². The van der Waals surface area contributed by atoms with Gasteiger partial charge in [0.05, 0.1) is 61.6 Å². The lowest BCUT2D eigenvalue weighted by Crippen LogP contribution is -2.35. The lowest BCUT2D eigenvalue weighted by atomic mass is 9.81. The van der Waals surface area contributed by atoms with Crippen LogP contribution in [0.1, 0.15) is 37.1 Å². The molecule has 1 heterocycles. The maximum Gasteiger partial charge on any atom is 0.173 e. The van der Waals surface area contributed by atoms with E-state index in [9.17, 15) is 12.8 Å². The van der Waals surface area contributed by atoms with Crippen molar-refractivity contribution >= 4 is 45.0 Å². The fourth-order valence-corrected chi connectivity index (χ4v) is 7.44. The van der Waals surface area contributed by atoms with Crippen molar-refractivity contribution in [3.8, 4) is 11.4 Å². The van der Waals surface area contributed by atoms with Crippen molar-refractivity contribution in [2.75, 3.05) is 41.3 Å². The quantitative estimate of drug-likeness (QED) is 0.0800. The van der Waals surface area contributed by atoms with Gasteiger partial charge in [0, 0.05) is 16.9 Å². The molecular formula is C32H36Cl2F2N4O3S2. The number of sulfonamides is 1. The molecule has 0 fully saturated rings. The van der Waals surface area contributed by atoms with Gasteiger partial charge in [-0.3, -0.25) is 4.57 Å². The van der Waals surface area contributed by atoms with Gasteiger partial charge in [-0.1, -0.05) is 54.9 Å². The summed E-state index contributed by atoms with van der Waals surface area (Å²) >= 11 is 13.7. The van der Waals surface area contributed by atoms with Crippen molar-refractivity contribution in [1.82, 2.24) is 9.55 Å². The summed E-state index contributed by atoms with van der Waals surface area (Å²) in [6, 6.07) is 13.7. The Morgan fingerprint density at radius 1 is 1.02 bits per heavy atom. The van der Waals surface area contributed by atoms with Crippen LogP contribution < -0.4 is 4.74 Å². The summed E-state index contributed by atoms with van der Waals surface area (Å²) in [6.45, 7) is 4.87. The van der Waals surface area contributed by atoms with E-state index < -0.39 is 27.1 Å². The van der Waals surface area contributed by atoms with Crippen LogP contribution in [0, 0.1) is 11.6 Å². The van der Waals surface area contributed by atoms with Gasteiger partial charge in [0.25, 0.3) is 0 Å². The number of imidazole rings is 1. The Kier molecular flexibility index (Phi) is 10.9. The van der Waals surface area contributed by atoms with Crippen molar-refractivity contribution in [1.29, 1.82) is 0 Å². The van der Waals surface area contributed by atoms with Gasteiger partial charge >= 0.3 is 0 Å². The number of nitrogens with zero attached hydrogens (tertiary/aromatic N) is 4. The Morgan fingerprint density at radius 3 is 2.36 bits per heavy atom. The zero-order valence-electron chi connectivity index (χ0n) is 25.9. The second-order valence-corrected chi connectivity index (χ2v) is 15.5.